The molecule has 0 bridgehead atoms. The highest BCUT2D eigenvalue weighted by Crippen LogP contribution is 2.24. The summed E-state index contributed by atoms with van der Waals surface area (Å²) in [5.41, 5.74) is 2.79. The number of nitrogens with zero attached hydrogens (tertiary/aromatic N) is 2. The quantitative estimate of drug-likeness (QED) is 0.564. The lowest BCUT2D eigenvalue weighted by molar-refractivity contribution is 0.0641. The van der Waals surface area contributed by atoms with Crippen LogP contribution < -0.4 is 5.32 Å². The van der Waals surface area contributed by atoms with E-state index < -0.39 is 0 Å². The second-order valence-corrected chi connectivity index (χ2v) is 8.18. The molecule has 6 nitrogen and oxygen atoms in total. The molecule has 0 unspecified atom stereocenters. The van der Waals surface area contributed by atoms with Crippen molar-refractivity contribution in [3.8, 4) is 0 Å². The molecule has 1 N–H and O–H groups in total. The maximum absolute atomic E-state index is 13.6. The van der Waals surface area contributed by atoms with E-state index in [1.54, 1.807) is 54.6 Å². The Morgan fingerprint density at radius 1 is 0.939 bits per heavy atom. The number of hydrogen-bond donors (Lipinski definition) is 1. The number of carbonyl (C=O) groups is 3. The molecule has 1 aliphatic heterocycles. The Balaban J connectivity index is 1.39. The molecule has 0 radical (unpaired) electrons. The number of likely N-dealkylation sites (N-methyl/N-ethyl adjacent to an activating group) is 1. The molecule has 0 saturated heterocycles. The first kappa shape index (κ1) is 22.4. The summed E-state index contributed by atoms with van der Waals surface area (Å²) in [4.78, 5) is 40.9. The van der Waals surface area contributed by atoms with Gasteiger partial charge >= 0.3 is 0 Å². The van der Waals surface area contributed by atoms with E-state index in [2.05, 4.69) is 5.32 Å². The summed E-state index contributed by atoms with van der Waals surface area (Å²) < 4.78 is 13.6. The minimum atomic E-state index is -0.320. The van der Waals surface area contributed by atoms with Crippen molar-refractivity contribution in [2.24, 2.45) is 0 Å². The molecule has 0 spiro atoms. The van der Waals surface area contributed by atoms with Crippen molar-refractivity contribution in [1.82, 2.24) is 15.1 Å². The third kappa shape index (κ3) is 4.68. The van der Waals surface area contributed by atoms with Crippen LogP contribution in [0, 0.1) is 5.82 Å². The van der Waals surface area contributed by atoms with E-state index in [1.807, 2.05) is 25.1 Å². The summed E-state index contributed by atoms with van der Waals surface area (Å²) in [7, 11) is 3.74. The van der Waals surface area contributed by atoms with Crippen molar-refractivity contribution in [2.45, 2.75) is 12.6 Å². The minimum absolute atomic E-state index is 0.135. The van der Waals surface area contributed by atoms with Crippen LogP contribution in [0.3, 0.4) is 0 Å². The van der Waals surface area contributed by atoms with E-state index in [0.29, 0.717) is 23.2 Å². The van der Waals surface area contributed by atoms with Gasteiger partial charge in [0.25, 0.3) is 17.7 Å². The van der Waals surface area contributed by atoms with Gasteiger partial charge in [-0.15, -0.1) is 0 Å². The first-order valence-corrected chi connectivity index (χ1v) is 10.6. The largest absolute Gasteiger partial charge is 0.350 e. The Kier molecular flexibility index (Phi) is 6.33. The maximum atomic E-state index is 13.6. The highest BCUT2D eigenvalue weighted by molar-refractivity contribution is 6.21. The number of imide groups is 1. The Morgan fingerprint density at radius 3 is 2.15 bits per heavy atom. The lowest BCUT2D eigenvalue weighted by atomic mass is 10.1. The molecular weight excluding hydrogens is 421 g/mol. The summed E-state index contributed by atoms with van der Waals surface area (Å²) >= 11 is 0. The zero-order chi connectivity index (χ0) is 23.5. The third-order valence-electron chi connectivity index (χ3n) is 5.75. The number of carbonyl (C=O) groups excluding carboxylic acids is 3. The van der Waals surface area contributed by atoms with E-state index in [9.17, 15) is 18.8 Å². The molecule has 3 aromatic rings. The zero-order valence-corrected chi connectivity index (χ0v) is 18.4. The van der Waals surface area contributed by atoms with E-state index in [-0.39, 0.29) is 36.1 Å². The van der Waals surface area contributed by atoms with Crippen LogP contribution in [0.15, 0.2) is 72.8 Å². The summed E-state index contributed by atoms with van der Waals surface area (Å²) in [6.45, 7) is 0.447. The van der Waals surface area contributed by atoms with Crippen LogP contribution in [0.5, 0.6) is 0 Å². The van der Waals surface area contributed by atoms with E-state index in [0.717, 1.165) is 11.1 Å². The van der Waals surface area contributed by atoms with E-state index in [4.69, 9.17) is 0 Å². The fourth-order valence-electron chi connectivity index (χ4n) is 3.93. The fourth-order valence-corrected chi connectivity index (χ4v) is 3.93. The smallest absolute Gasteiger partial charge is 0.261 e. The van der Waals surface area contributed by atoms with Crippen LogP contribution in [0.4, 0.5) is 4.39 Å². The standard InChI is InChI=1S/C26H24FN3O3/c1-29(2)23(19-6-5-7-20(27)14-19)15-28-24(31)18-12-10-17(11-13-18)16-30-25(32)21-8-3-4-9-22(21)26(30)33/h3-14,23H,15-16H2,1-2H3,(H,28,31)/t23-/m1/s1. The molecule has 168 valence electrons. The van der Waals surface area contributed by atoms with Gasteiger partial charge in [0.1, 0.15) is 5.82 Å². The third-order valence-corrected chi connectivity index (χ3v) is 5.75. The Hall–Kier alpha value is -3.84. The lowest BCUT2D eigenvalue weighted by Crippen LogP contribution is -2.34. The molecule has 0 aliphatic carbocycles. The number of nitrogens with one attached hydrogen (secondary N) is 1. The van der Waals surface area contributed by atoms with Gasteiger partial charge in [0.15, 0.2) is 0 Å². The summed E-state index contributed by atoms with van der Waals surface area (Å²) in [5, 5.41) is 2.90. The van der Waals surface area contributed by atoms with Crippen LogP contribution in [-0.2, 0) is 6.54 Å². The molecule has 0 saturated carbocycles. The average molecular weight is 445 g/mol. The Labute approximate surface area is 191 Å². The topological polar surface area (TPSA) is 69.7 Å². The van der Waals surface area contributed by atoms with Crippen molar-refractivity contribution in [2.75, 3.05) is 20.6 Å². The number of benzene rings is 3. The van der Waals surface area contributed by atoms with Gasteiger partial charge in [0, 0.05) is 12.1 Å². The van der Waals surface area contributed by atoms with Crippen LogP contribution in [0.2, 0.25) is 0 Å². The van der Waals surface area contributed by atoms with Crippen molar-refractivity contribution in [3.63, 3.8) is 0 Å². The maximum Gasteiger partial charge on any atom is 0.261 e. The van der Waals surface area contributed by atoms with Gasteiger partial charge in [-0.3, -0.25) is 19.3 Å². The first-order valence-electron chi connectivity index (χ1n) is 10.6. The second kappa shape index (κ2) is 9.34. The van der Waals surface area contributed by atoms with Crippen LogP contribution in [0.1, 0.15) is 48.2 Å². The van der Waals surface area contributed by atoms with Crippen LogP contribution in [-0.4, -0.2) is 48.2 Å². The minimum Gasteiger partial charge on any atom is -0.350 e. The average Bonchev–Trinajstić information content (AvgIpc) is 3.04. The first-order chi connectivity index (χ1) is 15.8. The number of fused-ring (bicyclic) bond motifs is 1. The van der Waals surface area contributed by atoms with Gasteiger partial charge in [0.05, 0.1) is 23.7 Å². The predicted molar refractivity (Wildman–Crippen MR) is 122 cm³/mol. The summed E-state index contributed by atoms with van der Waals surface area (Å²) in [6.07, 6.45) is 0. The highest BCUT2D eigenvalue weighted by atomic mass is 19.1. The SMILES string of the molecule is CN(C)[C@H](CNC(=O)c1ccc(CN2C(=O)c3ccccc3C2=O)cc1)c1cccc(F)c1. The van der Waals surface area contributed by atoms with Crippen LogP contribution >= 0.6 is 0 Å². The van der Waals surface area contributed by atoms with Crippen molar-refractivity contribution in [1.29, 1.82) is 0 Å². The van der Waals surface area contributed by atoms with Gasteiger partial charge in [-0.2, -0.15) is 0 Å². The summed E-state index contributed by atoms with van der Waals surface area (Å²) in [6, 6.07) is 19.7. The molecular formula is C26H24FN3O3. The highest BCUT2D eigenvalue weighted by Gasteiger charge is 2.34. The van der Waals surface area contributed by atoms with Gasteiger partial charge in [0.2, 0.25) is 0 Å². The Morgan fingerprint density at radius 2 is 1.58 bits per heavy atom. The lowest BCUT2D eigenvalue weighted by Gasteiger charge is -2.25. The van der Waals surface area contributed by atoms with Crippen molar-refractivity contribution in [3.05, 3.63) is 106 Å². The monoisotopic (exact) mass is 445 g/mol. The Bertz CT molecular complexity index is 1170. The number of rotatable bonds is 7. The molecule has 4 rings (SSSR count). The number of amides is 3. The van der Waals surface area contributed by atoms with Crippen molar-refractivity contribution >= 4 is 17.7 Å². The van der Waals surface area contributed by atoms with Gasteiger partial charge in [-0.1, -0.05) is 36.4 Å². The van der Waals surface area contributed by atoms with E-state index >= 15 is 0 Å². The number of halogens is 1. The molecule has 3 amide bonds. The van der Waals surface area contributed by atoms with Crippen molar-refractivity contribution < 1.29 is 18.8 Å². The summed E-state index contributed by atoms with van der Waals surface area (Å²) in [5.74, 6) is -1.21. The van der Waals surface area contributed by atoms with Gasteiger partial charge < -0.3 is 10.2 Å². The molecule has 1 atom stereocenters. The molecule has 1 heterocycles. The molecule has 0 aromatic heterocycles. The van der Waals surface area contributed by atoms with E-state index in [1.165, 1.54) is 17.0 Å². The van der Waals surface area contributed by atoms with Gasteiger partial charge in [-0.25, -0.2) is 4.39 Å². The van der Waals surface area contributed by atoms with Crippen LogP contribution in [0.25, 0.3) is 0 Å². The molecule has 33 heavy (non-hydrogen) atoms. The fraction of sp³-hybridized carbons (Fsp3) is 0.192. The zero-order valence-electron chi connectivity index (χ0n) is 18.4. The normalized spacial score (nSPS) is 13.9. The molecule has 0 fully saturated rings. The number of hydrogen-bond acceptors (Lipinski definition) is 4. The molecule has 1 aliphatic rings. The molecule has 3 aromatic carbocycles. The molecule has 7 heteroatoms. The predicted octanol–water partition coefficient (Wildman–Crippen LogP) is 3.65. The van der Waals surface area contributed by atoms with Gasteiger partial charge in [-0.05, 0) is 61.6 Å². The second-order valence-electron chi connectivity index (χ2n) is 8.18.